The average molecular weight is 235 g/mol. The second-order valence-electron chi connectivity index (χ2n) is 3.86. The first-order chi connectivity index (χ1) is 8.02. The van der Waals surface area contributed by atoms with Crippen molar-refractivity contribution in [3.05, 3.63) is 35.4 Å². The van der Waals surface area contributed by atoms with Gasteiger partial charge in [-0.25, -0.2) is 4.79 Å². The summed E-state index contributed by atoms with van der Waals surface area (Å²) in [7, 11) is 1.63. The molecule has 0 aliphatic heterocycles. The number of rotatable bonds is 5. The Balaban J connectivity index is 2.67. The lowest BCUT2D eigenvalue weighted by Gasteiger charge is -2.10. The molecule has 0 amide bonds. The van der Waals surface area contributed by atoms with E-state index in [1.165, 1.54) is 6.08 Å². The molecule has 0 saturated carbocycles. The first-order valence-corrected chi connectivity index (χ1v) is 5.31. The van der Waals surface area contributed by atoms with Crippen molar-refractivity contribution in [2.24, 2.45) is 0 Å². The predicted molar refractivity (Wildman–Crippen MR) is 67.6 cm³/mol. The first kappa shape index (κ1) is 13.1. The van der Waals surface area contributed by atoms with Gasteiger partial charge >= 0.3 is 5.97 Å². The van der Waals surface area contributed by atoms with Gasteiger partial charge in [-0.1, -0.05) is 0 Å². The van der Waals surface area contributed by atoms with Gasteiger partial charge in [0.25, 0.3) is 0 Å². The highest BCUT2D eigenvalue weighted by Gasteiger charge is 2.00. The summed E-state index contributed by atoms with van der Waals surface area (Å²) in [5, 5.41) is 11.8. The molecule has 0 radical (unpaired) electrons. The molecule has 92 valence electrons. The fourth-order valence-electron chi connectivity index (χ4n) is 1.46. The standard InChI is InChI=1S/C13H17NO3/c1-9(6-13(15)16)8-14-12-5-4-11(17-3)7-10(12)2/h4-7,14H,8H2,1-3H3,(H,15,16)/b9-6+. The molecule has 0 aliphatic carbocycles. The summed E-state index contributed by atoms with van der Waals surface area (Å²) < 4.78 is 5.11. The quantitative estimate of drug-likeness (QED) is 0.770. The molecular formula is C13H17NO3. The minimum Gasteiger partial charge on any atom is -0.497 e. The molecule has 0 heterocycles. The van der Waals surface area contributed by atoms with Crippen molar-refractivity contribution >= 4 is 11.7 Å². The topological polar surface area (TPSA) is 58.6 Å². The Bertz CT molecular complexity index is 438. The van der Waals surface area contributed by atoms with E-state index < -0.39 is 5.97 Å². The molecule has 4 heteroatoms. The average Bonchev–Trinajstić information content (AvgIpc) is 2.26. The molecular weight excluding hydrogens is 218 g/mol. The Morgan fingerprint density at radius 2 is 2.24 bits per heavy atom. The smallest absolute Gasteiger partial charge is 0.328 e. The number of carboxylic acid groups (broad SMARTS) is 1. The van der Waals surface area contributed by atoms with E-state index in [0.717, 1.165) is 22.6 Å². The fraction of sp³-hybridized carbons (Fsp3) is 0.308. The van der Waals surface area contributed by atoms with Crippen molar-refractivity contribution in [3.8, 4) is 5.75 Å². The van der Waals surface area contributed by atoms with E-state index in [1.807, 2.05) is 25.1 Å². The molecule has 0 aromatic heterocycles. The zero-order valence-corrected chi connectivity index (χ0v) is 10.3. The van der Waals surface area contributed by atoms with Crippen molar-refractivity contribution in [1.82, 2.24) is 0 Å². The van der Waals surface area contributed by atoms with E-state index in [-0.39, 0.29) is 0 Å². The van der Waals surface area contributed by atoms with Gasteiger partial charge in [0.05, 0.1) is 7.11 Å². The molecule has 0 unspecified atom stereocenters. The predicted octanol–water partition coefficient (Wildman–Crippen LogP) is 2.45. The first-order valence-electron chi connectivity index (χ1n) is 5.31. The van der Waals surface area contributed by atoms with Crippen molar-refractivity contribution in [2.75, 3.05) is 19.0 Å². The molecule has 1 rings (SSSR count). The van der Waals surface area contributed by atoms with E-state index in [1.54, 1.807) is 14.0 Å². The maximum absolute atomic E-state index is 10.5. The summed E-state index contributed by atoms with van der Waals surface area (Å²) in [4.78, 5) is 10.5. The minimum absolute atomic E-state index is 0.513. The maximum atomic E-state index is 10.5. The van der Waals surface area contributed by atoms with Crippen LogP contribution in [0.2, 0.25) is 0 Å². The Labute approximate surface area is 101 Å². The third kappa shape index (κ3) is 4.18. The van der Waals surface area contributed by atoms with Crippen LogP contribution < -0.4 is 10.1 Å². The van der Waals surface area contributed by atoms with Crippen LogP contribution in [-0.2, 0) is 4.79 Å². The maximum Gasteiger partial charge on any atom is 0.328 e. The number of aliphatic carboxylic acids is 1. The molecule has 1 aromatic rings. The summed E-state index contributed by atoms with van der Waals surface area (Å²) in [5.74, 6) is -0.110. The van der Waals surface area contributed by atoms with Gasteiger partial charge in [0, 0.05) is 18.3 Å². The molecule has 0 atom stereocenters. The van der Waals surface area contributed by atoms with Crippen LogP contribution in [-0.4, -0.2) is 24.7 Å². The van der Waals surface area contributed by atoms with E-state index in [4.69, 9.17) is 9.84 Å². The highest BCUT2D eigenvalue weighted by molar-refractivity contribution is 5.80. The van der Waals surface area contributed by atoms with Crippen molar-refractivity contribution in [3.63, 3.8) is 0 Å². The van der Waals surface area contributed by atoms with Crippen LogP contribution in [0.15, 0.2) is 29.8 Å². The number of anilines is 1. The van der Waals surface area contributed by atoms with Gasteiger partial charge in [0.1, 0.15) is 5.75 Å². The summed E-state index contributed by atoms with van der Waals surface area (Å²) in [6, 6.07) is 5.71. The van der Waals surface area contributed by atoms with Crippen LogP contribution in [0, 0.1) is 6.92 Å². The van der Waals surface area contributed by atoms with E-state index in [9.17, 15) is 4.79 Å². The number of benzene rings is 1. The van der Waals surface area contributed by atoms with Gasteiger partial charge in [-0.05, 0) is 43.2 Å². The lowest BCUT2D eigenvalue weighted by atomic mass is 10.2. The van der Waals surface area contributed by atoms with Gasteiger partial charge in [-0.3, -0.25) is 0 Å². The number of methoxy groups -OCH3 is 1. The van der Waals surface area contributed by atoms with Gasteiger partial charge in [-0.2, -0.15) is 0 Å². The van der Waals surface area contributed by atoms with Gasteiger partial charge in [-0.15, -0.1) is 0 Å². The lowest BCUT2D eigenvalue weighted by Crippen LogP contribution is -2.05. The summed E-state index contributed by atoms with van der Waals surface area (Å²) in [6.07, 6.45) is 1.20. The molecule has 1 aromatic carbocycles. The van der Waals surface area contributed by atoms with E-state index in [0.29, 0.717) is 6.54 Å². The van der Waals surface area contributed by atoms with Gasteiger partial charge in [0.15, 0.2) is 0 Å². The van der Waals surface area contributed by atoms with Crippen LogP contribution in [0.25, 0.3) is 0 Å². The number of ether oxygens (including phenoxy) is 1. The van der Waals surface area contributed by atoms with Crippen LogP contribution in [0.4, 0.5) is 5.69 Å². The second kappa shape index (κ2) is 5.94. The lowest BCUT2D eigenvalue weighted by molar-refractivity contribution is -0.131. The third-order valence-electron chi connectivity index (χ3n) is 2.36. The monoisotopic (exact) mass is 235 g/mol. The van der Waals surface area contributed by atoms with Gasteiger partial charge < -0.3 is 15.2 Å². The Hall–Kier alpha value is -1.97. The fourth-order valence-corrected chi connectivity index (χ4v) is 1.46. The number of hydrogen-bond acceptors (Lipinski definition) is 3. The number of aryl methyl sites for hydroxylation is 1. The van der Waals surface area contributed by atoms with Crippen molar-refractivity contribution < 1.29 is 14.6 Å². The number of nitrogens with one attached hydrogen (secondary N) is 1. The van der Waals surface area contributed by atoms with Crippen molar-refractivity contribution in [1.29, 1.82) is 0 Å². The van der Waals surface area contributed by atoms with E-state index >= 15 is 0 Å². The molecule has 0 fully saturated rings. The van der Waals surface area contributed by atoms with Crippen molar-refractivity contribution in [2.45, 2.75) is 13.8 Å². The molecule has 2 N–H and O–H groups in total. The highest BCUT2D eigenvalue weighted by atomic mass is 16.5. The van der Waals surface area contributed by atoms with E-state index in [2.05, 4.69) is 5.32 Å². The summed E-state index contributed by atoms with van der Waals surface area (Å²) in [6.45, 7) is 4.26. The molecule has 0 spiro atoms. The Kier molecular flexibility index (Phi) is 4.57. The zero-order valence-electron chi connectivity index (χ0n) is 10.3. The number of carboxylic acids is 1. The largest absolute Gasteiger partial charge is 0.497 e. The SMILES string of the molecule is COc1ccc(NC/C(C)=C/C(=O)O)c(C)c1. The molecule has 0 aliphatic rings. The van der Waals surface area contributed by atoms with Crippen LogP contribution in [0.5, 0.6) is 5.75 Å². The van der Waals surface area contributed by atoms with Gasteiger partial charge in [0.2, 0.25) is 0 Å². The molecule has 4 nitrogen and oxygen atoms in total. The number of carbonyl (C=O) groups is 1. The van der Waals surface area contributed by atoms with Crippen LogP contribution in [0.1, 0.15) is 12.5 Å². The highest BCUT2D eigenvalue weighted by Crippen LogP contribution is 2.21. The summed E-state index contributed by atoms with van der Waals surface area (Å²) >= 11 is 0. The van der Waals surface area contributed by atoms with Crippen LogP contribution >= 0.6 is 0 Å². The Morgan fingerprint density at radius 3 is 2.76 bits per heavy atom. The summed E-state index contributed by atoms with van der Waals surface area (Å²) in [5.41, 5.74) is 2.81. The molecule has 0 bridgehead atoms. The minimum atomic E-state index is -0.921. The molecule has 17 heavy (non-hydrogen) atoms. The third-order valence-corrected chi connectivity index (χ3v) is 2.36. The number of hydrogen-bond donors (Lipinski definition) is 2. The van der Waals surface area contributed by atoms with Crippen LogP contribution in [0.3, 0.4) is 0 Å². The second-order valence-corrected chi connectivity index (χ2v) is 3.86. The Morgan fingerprint density at radius 1 is 1.53 bits per heavy atom. The zero-order chi connectivity index (χ0) is 12.8. The normalized spacial score (nSPS) is 11.1. The molecule has 0 saturated heterocycles.